The fourth-order valence-electron chi connectivity index (χ4n) is 4.64. The van der Waals surface area contributed by atoms with E-state index in [0.29, 0.717) is 31.2 Å². The molecule has 4 rings (SSSR count). The highest BCUT2D eigenvalue weighted by molar-refractivity contribution is 5.78. The van der Waals surface area contributed by atoms with E-state index in [9.17, 15) is 4.79 Å². The maximum absolute atomic E-state index is 12.5. The van der Waals surface area contributed by atoms with Crippen LogP contribution in [0.25, 0.3) is 0 Å². The maximum atomic E-state index is 12.5. The molecule has 1 saturated carbocycles. The summed E-state index contributed by atoms with van der Waals surface area (Å²) in [4.78, 5) is 17.2. The van der Waals surface area contributed by atoms with Crippen molar-refractivity contribution in [1.29, 1.82) is 0 Å². The Morgan fingerprint density at radius 1 is 1.07 bits per heavy atom. The second kappa shape index (κ2) is 8.70. The molecule has 3 aliphatic rings. The van der Waals surface area contributed by atoms with Gasteiger partial charge in [0.25, 0.3) is 0 Å². The third-order valence-electron chi connectivity index (χ3n) is 6.73. The normalized spacial score (nSPS) is 28.3. The summed E-state index contributed by atoms with van der Waals surface area (Å²) in [6, 6.07) is 6.53. The molecule has 2 heterocycles. The van der Waals surface area contributed by atoms with E-state index < -0.39 is 0 Å². The van der Waals surface area contributed by atoms with Gasteiger partial charge in [0, 0.05) is 38.8 Å². The Kier molecular flexibility index (Phi) is 6.07. The number of piperazine rings is 1. The van der Waals surface area contributed by atoms with E-state index in [4.69, 9.17) is 9.47 Å². The van der Waals surface area contributed by atoms with Crippen molar-refractivity contribution in [2.75, 3.05) is 39.5 Å². The van der Waals surface area contributed by atoms with Crippen molar-refractivity contribution >= 4 is 5.91 Å². The molecule has 1 aromatic carbocycles. The molecule has 6 nitrogen and oxygen atoms in total. The zero-order valence-corrected chi connectivity index (χ0v) is 17.2. The number of carbonyl (C=O) groups excluding carboxylic acids is 1. The first-order chi connectivity index (χ1) is 13.6. The number of benzene rings is 1. The number of hydrogen-bond donors (Lipinski definition) is 1. The molecule has 3 atom stereocenters. The van der Waals surface area contributed by atoms with Gasteiger partial charge in [-0.2, -0.15) is 0 Å². The molecule has 0 unspecified atom stereocenters. The zero-order valence-electron chi connectivity index (χ0n) is 17.2. The van der Waals surface area contributed by atoms with Crippen molar-refractivity contribution in [2.24, 2.45) is 11.8 Å². The molecule has 1 amide bonds. The molecule has 0 spiro atoms. The van der Waals surface area contributed by atoms with Gasteiger partial charge in [0.1, 0.15) is 0 Å². The number of nitrogens with zero attached hydrogens (tertiary/aromatic N) is 2. The monoisotopic (exact) mass is 387 g/mol. The minimum atomic E-state index is 0.190. The summed E-state index contributed by atoms with van der Waals surface area (Å²) in [7, 11) is 0. The molecule has 6 heteroatoms. The van der Waals surface area contributed by atoms with Crippen LogP contribution in [0.3, 0.4) is 0 Å². The van der Waals surface area contributed by atoms with E-state index in [2.05, 4.69) is 41.1 Å². The molecule has 1 aliphatic carbocycles. The van der Waals surface area contributed by atoms with E-state index in [1.165, 1.54) is 18.4 Å². The molecule has 0 aromatic heterocycles. The lowest BCUT2D eigenvalue weighted by Crippen LogP contribution is -2.51. The quantitative estimate of drug-likeness (QED) is 0.841. The first-order valence-corrected chi connectivity index (χ1v) is 10.7. The molecule has 1 aromatic rings. The lowest BCUT2D eigenvalue weighted by molar-refractivity contribution is -0.124. The van der Waals surface area contributed by atoms with E-state index >= 15 is 0 Å². The first kappa shape index (κ1) is 19.5. The summed E-state index contributed by atoms with van der Waals surface area (Å²) >= 11 is 0. The van der Waals surface area contributed by atoms with Crippen LogP contribution >= 0.6 is 0 Å². The Morgan fingerprint density at radius 2 is 1.82 bits per heavy atom. The summed E-state index contributed by atoms with van der Waals surface area (Å²) < 4.78 is 10.9. The Morgan fingerprint density at radius 3 is 2.64 bits per heavy atom. The highest BCUT2D eigenvalue weighted by atomic mass is 16.7. The van der Waals surface area contributed by atoms with Crippen molar-refractivity contribution in [3.8, 4) is 11.5 Å². The van der Waals surface area contributed by atoms with Crippen LogP contribution in [-0.2, 0) is 11.3 Å². The van der Waals surface area contributed by atoms with Crippen LogP contribution in [0.5, 0.6) is 11.5 Å². The van der Waals surface area contributed by atoms with Crippen molar-refractivity contribution in [2.45, 2.75) is 45.7 Å². The minimum absolute atomic E-state index is 0.190. The number of fused-ring (bicyclic) bond motifs is 1. The first-order valence-electron chi connectivity index (χ1n) is 10.7. The van der Waals surface area contributed by atoms with Crippen LogP contribution in [0.4, 0.5) is 0 Å². The second-order valence-electron chi connectivity index (χ2n) is 8.68. The van der Waals surface area contributed by atoms with Crippen LogP contribution in [-0.4, -0.2) is 61.3 Å². The molecular formula is C22H33N3O3. The molecular weight excluding hydrogens is 354 g/mol. The Bertz CT molecular complexity index is 688. The summed E-state index contributed by atoms with van der Waals surface area (Å²) in [5.41, 5.74) is 1.25. The summed E-state index contributed by atoms with van der Waals surface area (Å²) in [6.07, 6.45) is 3.65. The standard InChI is InChI=1S/C22H33N3O3/c1-16-4-3-5-19(17(16)2)23-22(26)14-25-10-8-24(9-11-25)13-18-6-7-20-21(12-18)28-15-27-20/h6-7,12,16-17,19H,3-5,8-11,13-15H2,1-2H3,(H,23,26)/t16-,17+,19+/m0/s1. The largest absolute Gasteiger partial charge is 0.454 e. The van der Waals surface area contributed by atoms with Crippen molar-refractivity contribution in [3.05, 3.63) is 23.8 Å². The van der Waals surface area contributed by atoms with Gasteiger partial charge in [-0.25, -0.2) is 0 Å². The SMILES string of the molecule is C[C@@H]1[C@@H](C)CCC[C@H]1NC(=O)CN1CCN(Cc2ccc3c(c2)OCO3)CC1. The highest BCUT2D eigenvalue weighted by Gasteiger charge is 2.29. The molecule has 0 radical (unpaired) electrons. The summed E-state index contributed by atoms with van der Waals surface area (Å²) in [5, 5.41) is 3.30. The average molecular weight is 388 g/mol. The summed E-state index contributed by atoms with van der Waals surface area (Å²) in [6.45, 7) is 10.2. The third-order valence-corrected chi connectivity index (χ3v) is 6.73. The van der Waals surface area contributed by atoms with Gasteiger partial charge in [-0.1, -0.05) is 32.8 Å². The van der Waals surface area contributed by atoms with Gasteiger partial charge in [-0.3, -0.25) is 14.6 Å². The second-order valence-corrected chi connectivity index (χ2v) is 8.68. The fourth-order valence-corrected chi connectivity index (χ4v) is 4.64. The smallest absolute Gasteiger partial charge is 0.234 e. The van der Waals surface area contributed by atoms with Gasteiger partial charge >= 0.3 is 0 Å². The molecule has 1 saturated heterocycles. The van der Waals surface area contributed by atoms with Gasteiger partial charge in [-0.05, 0) is 36.0 Å². The van der Waals surface area contributed by atoms with Gasteiger partial charge in [-0.15, -0.1) is 0 Å². The zero-order chi connectivity index (χ0) is 19.5. The Labute approximate surface area is 168 Å². The van der Waals surface area contributed by atoms with E-state index in [0.717, 1.165) is 50.6 Å². The lowest BCUT2D eigenvalue weighted by Gasteiger charge is -2.36. The Hall–Kier alpha value is -1.79. The van der Waals surface area contributed by atoms with E-state index in [-0.39, 0.29) is 5.91 Å². The number of amides is 1. The van der Waals surface area contributed by atoms with Crippen molar-refractivity contribution in [1.82, 2.24) is 15.1 Å². The molecule has 154 valence electrons. The fraction of sp³-hybridized carbons (Fsp3) is 0.682. The summed E-state index contributed by atoms with van der Waals surface area (Å²) in [5.74, 6) is 3.16. The van der Waals surface area contributed by atoms with Gasteiger partial charge in [0.15, 0.2) is 11.5 Å². The predicted octanol–water partition coefficient (Wildman–Crippen LogP) is 2.47. The van der Waals surface area contributed by atoms with Crippen LogP contribution in [0.2, 0.25) is 0 Å². The van der Waals surface area contributed by atoms with E-state index in [1.54, 1.807) is 0 Å². The molecule has 28 heavy (non-hydrogen) atoms. The highest BCUT2D eigenvalue weighted by Crippen LogP contribution is 2.33. The Balaban J connectivity index is 1.20. The third kappa shape index (κ3) is 4.61. The van der Waals surface area contributed by atoms with Crippen LogP contribution in [0, 0.1) is 11.8 Å². The topological polar surface area (TPSA) is 54.0 Å². The predicted molar refractivity (Wildman–Crippen MR) is 108 cm³/mol. The molecule has 2 fully saturated rings. The van der Waals surface area contributed by atoms with E-state index in [1.807, 2.05) is 6.07 Å². The van der Waals surface area contributed by atoms with Crippen molar-refractivity contribution in [3.63, 3.8) is 0 Å². The van der Waals surface area contributed by atoms with Crippen LogP contribution in [0.1, 0.15) is 38.7 Å². The van der Waals surface area contributed by atoms with Gasteiger partial charge < -0.3 is 14.8 Å². The average Bonchev–Trinajstić information content (AvgIpc) is 3.15. The molecule has 1 N–H and O–H groups in total. The number of carbonyl (C=O) groups is 1. The minimum Gasteiger partial charge on any atom is -0.454 e. The van der Waals surface area contributed by atoms with Crippen molar-refractivity contribution < 1.29 is 14.3 Å². The number of nitrogens with one attached hydrogen (secondary N) is 1. The maximum Gasteiger partial charge on any atom is 0.234 e. The van der Waals surface area contributed by atoms with Gasteiger partial charge in [0.2, 0.25) is 12.7 Å². The van der Waals surface area contributed by atoms with Crippen LogP contribution in [0.15, 0.2) is 18.2 Å². The number of ether oxygens (including phenoxy) is 2. The van der Waals surface area contributed by atoms with Crippen LogP contribution < -0.4 is 14.8 Å². The number of rotatable bonds is 5. The van der Waals surface area contributed by atoms with Gasteiger partial charge in [0.05, 0.1) is 6.54 Å². The number of hydrogen-bond acceptors (Lipinski definition) is 5. The molecule has 0 bridgehead atoms. The molecule has 2 aliphatic heterocycles. The lowest BCUT2D eigenvalue weighted by atomic mass is 9.78.